The van der Waals surface area contributed by atoms with E-state index in [1.165, 1.54) is 0 Å². The summed E-state index contributed by atoms with van der Waals surface area (Å²) in [5.41, 5.74) is 1.39. The number of carbonyl (C=O) groups excluding carboxylic acids is 1. The van der Waals surface area contributed by atoms with Gasteiger partial charge in [0.2, 0.25) is 0 Å². The van der Waals surface area contributed by atoms with Crippen molar-refractivity contribution < 1.29 is 4.79 Å². The van der Waals surface area contributed by atoms with Crippen LogP contribution in [0.2, 0.25) is 0 Å². The number of nitrogens with zero attached hydrogens (tertiary/aromatic N) is 3. The highest BCUT2D eigenvalue weighted by Gasteiger charge is 2.22. The molecule has 2 rings (SSSR count). The summed E-state index contributed by atoms with van der Waals surface area (Å²) < 4.78 is 1.66. The van der Waals surface area contributed by atoms with E-state index in [2.05, 4.69) is 10.3 Å². The summed E-state index contributed by atoms with van der Waals surface area (Å²) in [6.45, 7) is 6.02. The molecule has 0 aliphatic carbocycles. The van der Waals surface area contributed by atoms with E-state index in [9.17, 15) is 4.79 Å². The molecule has 0 fully saturated rings. The van der Waals surface area contributed by atoms with Crippen molar-refractivity contribution in [3.05, 3.63) is 24.3 Å². The second-order valence-corrected chi connectivity index (χ2v) is 4.91. The minimum Gasteiger partial charge on any atom is -0.297 e. The Kier molecular flexibility index (Phi) is 2.50. The quantitative estimate of drug-likeness (QED) is 0.773. The summed E-state index contributed by atoms with van der Waals surface area (Å²) >= 11 is 0. The lowest BCUT2D eigenvalue weighted by atomic mass is 9.91. The van der Waals surface area contributed by atoms with Gasteiger partial charge in [-0.2, -0.15) is 0 Å². The lowest BCUT2D eigenvalue weighted by molar-refractivity contribution is -0.127. The van der Waals surface area contributed by atoms with Crippen LogP contribution in [0.1, 0.15) is 20.8 Å². The third-order valence-corrected chi connectivity index (χ3v) is 2.55. The molecule has 1 aromatic heterocycles. The topological polar surface area (TPSA) is 47.8 Å². The van der Waals surface area contributed by atoms with Crippen LogP contribution in [0.5, 0.6) is 0 Å². The minimum absolute atomic E-state index is 0.156. The van der Waals surface area contributed by atoms with Crippen LogP contribution in [0.15, 0.2) is 24.3 Å². The van der Waals surface area contributed by atoms with E-state index < -0.39 is 0 Å². The van der Waals surface area contributed by atoms with Crippen LogP contribution in [0.3, 0.4) is 0 Å². The van der Waals surface area contributed by atoms with Gasteiger partial charge in [-0.25, -0.2) is 4.68 Å². The average Bonchev–Trinajstić information content (AvgIpc) is 2.61. The summed E-state index contributed by atoms with van der Waals surface area (Å²) in [7, 11) is 0. The maximum absolute atomic E-state index is 11.9. The highest BCUT2D eigenvalue weighted by molar-refractivity contribution is 5.85. The lowest BCUT2D eigenvalue weighted by Gasteiger charge is -2.16. The largest absolute Gasteiger partial charge is 0.297 e. The van der Waals surface area contributed by atoms with Gasteiger partial charge in [0.25, 0.3) is 0 Å². The van der Waals surface area contributed by atoms with Gasteiger partial charge in [-0.3, -0.25) is 4.79 Å². The molecule has 0 N–H and O–H groups in total. The molecule has 0 atom stereocenters. The lowest BCUT2D eigenvalue weighted by Crippen LogP contribution is -2.25. The van der Waals surface area contributed by atoms with Crippen molar-refractivity contribution in [3.8, 4) is 0 Å². The Bertz CT molecular complexity index is 522. The van der Waals surface area contributed by atoms with Gasteiger partial charge >= 0.3 is 0 Å². The number of Topliss-reactive ketones (excluding diaryl/α,β-unsaturated/α-hetero) is 1. The molecule has 0 unspecified atom stereocenters. The van der Waals surface area contributed by atoms with Crippen molar-refractivity contribution in [3.63, 3.8) is 0 Å². The second-order valence-electron chi connectivity index (χ2n) is 4.91. The van der Waals surface area contributed by atoms with Crippen LogP contribution < -0.4 is 0 Å². The first-order valence-electron chi connectivity index (χ1n) is 5.30. The number of fused-ring (bicyclic) bond motifs is 1. The SMILES string of the molecule is CC(C)(C)C(=O)Cn1nnc2ccccc21. The molecular weight excluding hydrogens is 202 g/mol. The Hall–Kier alpha value is -1.71. The van der Waals surface area contributed by atoms with Crippen LogP contribution in [0, 0.1) is 5.41 Å². The van der Waals surface area contributed by atoms with Crippen molar-refractivity contribution in [2.24, 2.45) is 5.41 Å². The molecule has 0 aliphatic rings. The third kappa shape index (κ3) is 1.96. The summed E-state index contributed by atoms with van der Waals surface area (Å²) in [6, 6.07) is 7.64. The molecule has 0 spiro atoms. The van der Waals surface area contributed by atoms with Gasteiger partial charge in [0.15, 0.2) is 5.78 Å². The van der Waals surface area contributed by atoms with E-state index in [4.69, 9.17) is 0 Å². The van der Waals surface area contributed by atoms with E-state index >= 15 is 0 Å². The van der Waals surface area contributed by atoms with Gasteiger partial charge in [0, 0.05) is 5.41 Å². The average molecular weight is 217 g/mol. The van der Waals surface area contributed by atoms with Gasteiger partial charge in [-0.1, -0.05) is 38.1 Å². The molecule has 4 heteroatoms. The fraction of sp³-hybridized carbons (Fsp3) is 0.417. The number of ketones is 1. The van der Waals surface area contributed by atoms with Crippen molar-refractivity contribution in [2.45, 2.75) is 27.3 Å². The zero-order valence-electron chi connectivity index (χ0n) is 9.77. The number of hydrogen-bond donors (Lipinski definition) is 0. The Labute approximate surface area is 94.3 Å². The second kappa shape index (κ2) is 3.70. The monoisotopic (exact) mass is 217 g/mol. The number of para-hydroxylation sites is 1. The molecule has 16 heavy (non-hydrogen) atoms. The number of hydrogen-bond acceptors (Lipinski definition) is 3. The summed E-state index contributed by atoms with van der Waals surface area (Å²) in [6.07, 6.45) is 0. The number of carbonyl (C=O) groups is 1. The highest BCUT2D eigenvalue weighted by Crippen LogP contribution is 2.17. The maximum Gasteiger partial charge on any atom is 0.159 e. The van der Waals surface area contributed by atoms with Gasteiger partial charge < -0.3 is 0 Å². The highest BCUT2D eigenvalue weighted by atomic mass is 16.1. The van der Waals surface area contributed by atoms with E-state index in [0.29, 0.717) is 0 Å². The van der Waals surface area contributed by atoms with Gasteiger partial charge in [-0.05, 0) is 12.1 Å². The van der Waals surface area contributed by atoms with E-state index in [-0.39, 0.29) is 17.7 Å². The minimum atomic E-state index is -0.340. The molecule has 0 amide bonds. The smallest absolute Gasteiger partial charge is 0.159 e. The standard InChI is InChI=1S/C12H15N3O/c1-12(2,3)11(16)8-15-10-7-5-4-6-9(10)13-14-15/h4-7H,8H2,1-3H3. The van der Waals surface area contributed by atoms with Crippen molar-refractivity contribution in [1.82, 2.24) is 15.0 Å². The van der Waals surface area contributed by atoms with Gasteiger partial charge in [-0.15, -0.1) is 5.10 Å². The predicted molar refractivity (Wildman–Crippen MR) is 62.0 cm³/mol. The number of rotatable bonds is 2. The van der Waals surface area contributed by atoms with Crippen molar-refractivity contribution in [1.29, 1.82) is 0 Å². The predicted octanol–water partition coefficient (Wildman–Crippen LogP) is 2.05. The Morgan fingerprint density at radius 2 is 2.00 bits per heavy atom. The molecule has 2 aromatic rings. The molecule has 0 radical (unpaired) electrons. The zero-order valence-corrected chi connectivity index (χ0v) is 9.77. The molecule has 4 nitrogen and oxygen atoms in total. The Morgan fingerprint density at radius 3 is 2.69 bits per heavy atom. The molecular formula is C12H15N3O. The molecule has 1 aromatic carbocycles. The first-order valence-corrected chi connectivity index (χ1v) is 5.30. The molecule has 1 heterocycles. The van der Waals surface area contributed by atoms with Crippen LogP contribution in [0.25, 0.3) is 11.0 Å². The fourth-order valence-corrected chi connectivity index (χ4v) is 1.41. The third-order valence-electron chi connectivity index (χ3n) is 2.55. The molecule has 0 aliphatic heterocycles. The Balaban J connectivity index is 2.32. The van der Waals surface area contributed by atoms with Gasteiger partial charge in [0.05, 0.1) is 5.52 Å². The first-order chi connectivity index (χ1) is 7.48. The van der Waals surface area contributed by atoms with E-state index in [1.807, 2.05) is 45.0 Å². The fourth-order valence-electron chi connectivity index (χ4n) is 1.41. The zero-order chi connectivity index (χ0) is 11.8. The maximum atomic E-state index is 11.9. The molecule has 0 bridgehead atoms. The number of benzene rings is 1. The van der Waals surface area contributed by atoms with Gasteiger partial charge in [0.1, 0.15) is 12.1 Å². The Morgan fingerprint density at radius 1 is 1.31 bits per heavy atom. The molecule has 0 saturated carbocycles. The number of aromatic nitrogens is 3. The van der Waals surface area contributed by atoms with Crippen LogP contribution in [-0.4, -0.2) is 20.8 Å². The molecule has 84 valence electrons. The first kappa shape index (κ1) is 10.8. The van der Waals surface area contributed by atoms with Crippen LogP contribution in [-0.2, 0) is 11.3 Å². The van der Waals surface area contributed by atoms with E-state index in [0.717, 1.165) is 11.0 Å². The van der Waals surface area contributed by atoms with Crippen LogP contribution in [0.4, 0.5) is 0 Å². The van der Waals surface area contributed by atoms with Crippen molar-refractivity contribution >= 4 is 16.8 Å². The van der Waals surface area contributed by atoms with Crippen molar-refractivity contribution in [2.75, 3.05) is 0 Å². The van der Waals surface area contributed by atoms with Crippen LogP contribution >= 0.6 is 0 Å². The normalized spacial score (nSPS) is 11.9. The summed E-state index contributed by atoms with van der Waals surface area (Å²) in [5, 5.41) is 8.01. The summed E-state index contributed by atoms with van der Waals surface area (Å²) in [5.74, 6) is 0.156. The molecule has 0 saturated heterocycles. The summed E-state index contributed by atoms with van der Waals surface area (Å²) in [4.78, 5) is 11.9. The van der Waals surface area contributed by atoms with E-state index in [1.54, 1.807) is 4.68 Å².